The fraction of sp³-hybridized carbons (Fsp3) is 0.667. The molecule has 1 amide bonds. The Hall–Kier alpha value is -1.51. The van der Waals surface area contributed by atoms with Crippen LogP contribution in [0.25, 0.3) is 0 Å². The Morgan fingerprint density at radius 2 is 1.50 bits per heavy atom. The van der Waals surface area contributed by atoms with Crippen molar-refractivity contribution in [2.24, 2.45) is 0 Å². The van der Waals surface area contributed by atoms with E-state index < -0.39 is 0 Å². The maximum Gasteiger partial charge on any atom is 0.251 e. The van der Waals surface area contributed by atoms with Gasteiger partial charge in [0.2, 0.25) is 0 Å². The second kappa shape index (κ2) is 13.9. The zero-order valence-electron chi connectivity index (χ0n) is 15.6. The lowest BCUT2D eigenvalue weighted by molar-refractivity contribution is 0.0952. The molecule has 0 saturated carbocycles. The van der Waals surface area contributed by atoms with E-state index in [1.54, 1.807) is 13.2 Å². The van der Waals surface area contributed by atoms with E-state index in [1.807, 2.05) is 18.2 Å². The number of carbonyl (C=O) groups is 1. The zero-order valence-corrected chi connectivity index (χ0v) is 15.6. The molecule has 24 heavy (non-hydrogen) atoms. The Bertz CT molecular complexity index is 445. The van der Waals surface area contributed by atoms with E-state index in [0.29, 0.717) is 5.56 Å². The molecule has 136 valence electrons. The number of carbonyl (C=O) groups excluding carboxylic acids is 1. The Morgan fingerprint density at radius 1 is 0.917 bits per heavy atom. The fourth-order valence-electron chi connectivity index (χ4n) is 2.86. The molecular formula is C21H35NO2. The van der Waals surface area contributed by atoms with E-state index in [-0.39, 0.29) is 5.91 Å². The molecule has 1 rings (SSSR count). The average molecular weight is 334 g/mol. The lowest BCUT2D eigenvalue weighted by atomic mass is 10.1. The number of amides is 1. The minimum Gasteiger partial charge on any atom is -0.497 e. The summed E-state index contributed by atoms with van der Waals surface area (Å²) in [6, 6.07) is 7.28. The van der Waals surface area contributed by atoms with E-state index in [4.69, 9.17) is 4.74 Å². The van der Waals surface area contributed by atoms with Crippen molar-refractivity contribution in [3.63, 3.8) is 0 Å². The summed E-state index contributed by atoms with van der Waals surface area (Å²) >= 11 is 0. The number of benzene rings is 1. The van der Waals surface area contributed by atoms with Crippen LogP contribution in [0.3, 0.4) is 0 Å². The highest BCUT2D eigenvalue weighted by molar-refractivity contribution is 5.94. The van der Waals surface area contributed by atoms with E-state index >= 15 is 0 Å². The summed E-state index contributed by atoms with van der Waals surface area (Å²) in [5.74, 6) is 0.707. The van der Waals surface area contributed by atoms with Crippen LogP contribution in [0.4, 0.5) is 0 Å². The zero-order chi connectivity index (χ0) is 17.5. The molecule has 0 aliphatic carbocycles. The Labute approximate surface area is 148 Å². The normalized spacial score (nSPS) is 10.6. The predicted octanol–water partition coefficient (Wildman–Crippen LogP) is 5.74. The first-order valence-corrected chi connectivity index (χ1v) is 9.70. The van der Waals surface area contributed by atoms with Gasteiger partial charge in [-0.15, -0.1) is 0 Å². The first-order valence-electron chi connectivity index (χ1n) is 9.70. The van der Waals surface area contributed by atoms with Gasteiger partial charge in [0.05, 0.1) is 7.11 Å². The quantitative estimate of drug-likeness (QED) is 0.441. The van der Waals surface area contributed by atoms with Crippen LogP contribution < -0.4 is 10.1 Å². The largest absolute Gasteiger partial charge is 0.497 e. The third-order valence-electron chi connectivity index (χ3n) is 4.40. The molecule has 0 aliphatic rings. The van der Waals surface area contributed by atoms with Gasteiger partial charge in [0, 0.05) is 12.1 Å². The van der Waals surface area contributed by atoms with E-state index in [2.05, 4.69) is 12.2 Å². The number of methoxy groups -OCH3 is 1. The molecule has 1 N–H and O–H groups in total. The predicted molar refractivity (Wildman–Crippen MR) is 102 cm³/mol. The van der Waals surface area contributed by atoms with Crippen LogP contribution in [0.5, 0.6) is 5.75 Å². The van der Waals surface area contributed by atoms with Crippen LogP contribution in [0, 0.1) is 0 Å². The first kappa shape index (κ1) is 20.5. The molecule has 0 fully saturated rings. The summed E-state index contributed by atoms with van der Waals surface area (Å²) in [5, 5.41) is 2.99. The molecule has 3 nitrogen and oxygen atoms in total. The third-order valence-corrected chi connectivity index (χ3v) is 4.40. The van der Waals surface area contributed by atoms with Crippen LogP contribution in [-0.2, 0) is 0 Å². The van der Waals surface area contributed by atoms with Crippen LogP contribution >= 0.6 is 0 Å². The maximum absolute atomic E-state index is 12.0. The minimum atomic E-state index is -0.0130. The number of hydrogen-bond donors (Lipinski definition) is 1. The van der Waals surface area contributed by atoms with Gasteiger partial charge in [-0.05, 0) is 24.6 Å². The van der Waals surface area contributed by atoms with Crippen LogP contribution in [0.1, 0.15) is 87.9 Å². The summed E-state index contributed by atoms with van der Waals surface area (Å²) in [6.45, 7) is 3.02. The Kier molecular flexibility index (Phi) is 11.9. The first-order chi connectivity index (χ1) is 11.8. The van der Waals surface area contributed by atoms with Crippen LogP contribution in [-0.4, -0.2) is 19.6 Å². The molecule has 0 spiro atoms. The van der Waals surface area contributed by atoms with Crippen molar-refractivity contribution in [1.82, 2.24) is 5.32 Å². The smallest absolute Gasteiger partial charge is 0.251 e. The molecule has 0 aliphatic heterocycles. The monoisotopic (exact) mass is 333 g/mol. The van der Waals surface area contributed by atoms with E-state index in [1.165, 1.54) is 64.2 Å². The summed E-state index contributed by atoms with van der Waals surface area (Å²) in [4.78, 5) is 12.0. The molecule has 1 aromatic rings. The molecular weight excluding hydrogens is 298 g/mol. The van der Waals surface area contributed by atoms with E-state index in [0.717, 1.165) is 18.7 Å². The number of nitrogens with one attached hydrogen (secondary N) is 1. The van der Waals surface area contributed by atoms with E-state index in [9.17, 15) is 4.79 Å². The highest BCUT2D eigenvalue weighted by Crippen LogP contribution is 2.13. The van der Waals surface area contributed by atoms with Crippen molar-refractivity contribution in [2.45, 2.75) is 77.6 Å². The molecule has 0 radical (unpaired) electrons. The van der Waals surface area contributed by atoms with Gasteiger partial charge < -0.3 is 10.1 Å². The van der Waals surface area contributed by atoms with Crippen LogP contribution in [0.2, 0.25) is 0 Å². The van der Waals surface area contributed by atoms with Crippen molar-refractivity contribution in [2.75, 3.05) is 13.7 Å². The molecule has 0 bridgehead atoms. The molecule has 3 heteroatoms. The second-order valence-electron chi connectivity index (χ2n) is 6.52. The summed E-state index contributed by atoms with van der Waals surface area (Å²) in [7, 11) is 1.61. The molecule has 0 heterocycles. The maximum atomic E-state index is 12.0. The number of hydrogen-bond acceptors (Lipinski definition) is 2. The topological polar surface area (TPSA) is 38.3 Å². The lowest BCUT2D eigenvalue weighted by Crippen LogP contribution is -2.24. The van der Waals surface area contributed by atoms with Crippen molar-refractivity contribution in [3.8, 4) is 5.75 Å². The molecule has 0 saturated heterocycles. The third kappa shape index (κ3) is 9.59. The van der Waals surface area contributed by atoms with Crippen LogP contribution in [0.15, 0.2) is 24.3 Å². The van der Waals surface area contributed by atoms with Crippen molar-refractivity contribution in [3.05, 3.63) is 29.8 Å². The molecule has 0 aromatic heterocycles. The average Bonchev–Trinajstić information content (AvgIpc) is 2.62. The van der Waals surface area contributed by atoms with Gasteiger partial charge in [0.25, 0.3) is 5.91 Å². The van der Waals surface area contributed by atoms with Gasteiger partial charge in [-0.3, -0.25) is 4.79 Å². The number of rotatable bonds is 14. The lowest BCUT2D eigenvalue weighted by Gasteiger charge is -2.07. The Morgan fingerprint density at radius 3 is 2.08 bits per heavy atom. The van der Waals surface area contributed by atoms with Crippen molar-refractivity contribution >= 4 is 5.91 Å². The molecule has 0 atom stereocenters. The molecule has 1 aromatic carbocycles. The van der Waals surface area contributed by atoms with Gasteiger partial charge in [0.1, 0.15) is 5.75 Å². The number of ether oxygens (including phenoxy) is 1. The second-order valence-corrected chi connectivity index (χ2v) is 6.52. The minimum absolute atomic E-state index is 0.0130. The summed E-state index contributed by atoms with van der Waals surface area (Å²) in [5.41, 5.74) is 0.664. The van der Waals surface area contributed by atoms with Gasteiger partial charge in [-0.25, -0.2) is 0 Å². The van der Waals surface area contributed by atoms with Gasteiger partial charge in [0.15, 0.2) is 0 Å². The van der Waals surface area contributed by atoms with Gasteiger partial charge in [-0.2, -0.15) is 0 Å². The summed E-state index contributed by atoms with van der Waals surface area (Å²) < 4.78 is 5.14. The van der Waals surface area contributed by atoms with Crippen molar-refractivity contribution in [1.29, 1.82) is 0 Å². The highest BCUT2D eigenvalue weighted by atomic mass is 16.5. The Balaban J connectivity index is 1.95. The standard InChI is InChI=1S/C21H35NO2/c1-3-4-5-6-7-8-9-10-11-12-13-17-22-21(23)19-15-14-16-20(18-19)24-2/h14-16,18H,3-13,17H2,1-2H3,(H,22,23). The number of unbranched alkanes of at least 4 members (excludes halogenated alkanes) is 10. The van der Waals surface area contributed by atoms with Gasteiger partial charge in [-0.1, -0.05) is 77.2 Å². The van der Waals surface area contributed by atoms with Crippen molar-refractivity contribution < 1.29 is 9.53 Å². The van der Waals surface area contributed by atoms with Gasteiger partial charge >= 0.3 is 0 Å². The summed E-state index contributed by atoms with van der Waals surface area (Å²) in [6.07, 6.45) is 14.6. The highest BCUT2D eigenvalue weighted by Gasteiger charge is 2.05. The fourth-order valence-corrected chi connectivity index (χ4v) is 2.86. The molecule has 0 unspecified atom stereocenters. The SMILES string of the molecule is CCCCCCCCCCCCCNC(=O)c1cccc(OC)c1.